The molecule has 74 valence electrons. The van der Waals surface area contributed by atoms with Crippen molar-refractivity contribution in [3.63, 3.8) is 0 Å². The largest absolute Gasteiger partial charge is 0.297 e. The molecule has 0 N–H and O–H groups in total. The van der Waals surface area contributed by atoms with E-state index >= 15 is 0 Å². The summed E-state index contributed by atoms with van der Waals surface area (Å²) in [5, 5.41) is 0. The van der Waals surface area contributed by atoms with Gasteiger partial charge in [0.25, 0.3) is 0 Å². The van der Waals surface area contributed by atoms with Crippen LogP contribution in [0.2, 0.25) is 0 Å². The predicted molar refractivity (Wildman–Crippen MR) is 54.6 cm³/mol. The first kappa shape index (κ1) is 8.28. The van der Waals surface area contributed by atoms with E-state index in [-0.39, 0.29) is 0 Å². The molecule has 1 heteroatoms. The predicted octanol–water partition coefficient (Wildman–Crippen LogP) is 2.66. The van der Waals surface area contributed by atoms with Gasteiger partial charge >= 0.3 is 0 Å². The molecule has 3 aliphatic rings. The minimum Gasteiger partial charge on any atom is -0.297 e. The van der Waals surface area contributed by atoms with E-state index in [0.717, 1.165) is 23.4 Å². The van der Waals surface area contributed by atoms with Gasteiger partial charge in [0.1, 0.15) is 0 Å². The van der Waals surface area contributed by atoms with Crippen LogP contribution >= 0.6 is 0 Å². The second-order valence-corrected chi connectivity index (χ2v) is 5.64. The molecule has 3 atom stereocenters. The average molecular weight is 179 g/mol. The van der Waals surface area contributed by atoms with Crippen LogP contribution < -0.4 is 0 Å². The van der Waals surface area contributed by atoms with E-state index in [2.05, 4.69) is 18.7 Å². The second kappa shape index (κ2) is 2.50. The van der Waals surface area contributed by atoms with Crippen molar-refractivity contribution >= 4 is 0 Å². The van der Waals surface area contributed by atoms with Crippen LogP contribution in [0.15, 0.2) is 0 Å². The van der Waals surface area contributed by atoms with Gasteiger partial charge in [-0.2, -0.15) is 0 Å². The van der Waals surface area contributed by atoms with Gasteiger partial charge in [0.2, 0.25) is 0 Å². The molecule has 1 saturated heterocycles. The molecule has 1 nitrogen and oxygen atoms in total. The first-order chi connectivity index (χ1) is 6.24. The van der Waals surface area contributed by atoms with Gasteiger partial charge in [-0.1, -0.05) is 0 Å². The van der Waals surface area contributed by atoms with E-state index in [1.54, 1.807) is 19.3 Å². The van der Waals surface area contributed by atoms with Crippen LogP contribution in [0.3, 0.4) is 0 Å². The van der Waals surface area contributed by atoms with Crippen molar-refractivity contribution in [2.45, 2.75) is 58.0 Å². The molecular formula is C12H21N. The molecule has 13 heavy (non-hydrogen) atoms. The lowest BCUT2D eigenvalue weighted by molar-refractivity contribution is -0.176. The number of nitrogens with zero attached hydrogens (tertiary/aromatic N) is 1. The zero-order chi connectivity index (χ0) is 9.05. The Morgan fingerprint density at radius 2 is 1.92 bits per heavy atom. The van der Waals surface area contributed by atoms with Crippen molar-refractivity contribution in [3.8, 4) is 0 Å². The molecule has 3 unspecified atom stereocenters. The van der Waals surface area contributed by atoms with E-state index in [1.807, 2.05) is 0 Å². The molecule has 1 heterocycles. The Labute approximate surface area is 81.5 Å². The van der Waals surface area contributed by atoms with Gasteiger partial charge in [-0.3, -0.25) is 4.90 Å². The van der Waals surface area contributed by atoms with Crippen molar-refractivity contribution in [2.75, 3.05) is 6.54 Å². The molecule has 3 rings (SSSR count). The maximum absolute atomic E-state index is 2.78. The highest BCUT2D eigenvalue weighted by molar-refractivity contribution is 5.13. The molecule has 0 bridgehead atoms. The maximum atomic E-state index is 2.78. The third-order valence-corrected chi connectivity index (χ3v) is 5.12. The van der Waals surface area contributed by atoms with Crippen molar-refractivity contribution in [1.82, 2.24) is 4.90 Å². The molecule has 2 saturated carbocycles. The molecule has 0 radical (unpaired) electrons. The Morgan fingerprint density at radius 1 is 1.15 bits per heavy atom. The number of hydrogen-bond acceptors (Lipinski definition) is 1. The van der Waals surface area contributed by atoms with Crippen LogP contribution in [-0.4, -0.2) is 23.5 Å². The van der Waals surface area contributed by atoms with E-state index in [4.69, 9.17) is 0 Å². The quantitative estimate of drug-likeness (QED) is 0.598. The first-order valence-corrected chi connectivity index (χ1v) is 6.00. The second-order valence-electron chi connectivity index (χ2n) is 5.64. The lowest BCUT2D eigenvalue weighted by Gasteiger charge is -2.68. The summed E-state index contributed by atoms with van der Waals surface area (Å²) in [6.45, 7) is 6.12. The zero-order valence-corrected chi connectivity index (χ0v) is 8.92. The van der Waals surface area contributed by atoms with Crippen LogP contribution in [0.5, 0.6) is 0 Å². The van der Waals surface area contributed by atoms with Crippen LogP contribution in [0.25, 0.3) is 0 Å². The summed E-state index contributed by atoms with van der Waals surface area (Å²) in [6, 6.07) is 1.77. The van der Waals surface area contributed by atoms with E-state index in [0.29, 0.717) is 0 Å². The summed E-state index contributed by atoms with van der Waals surface area (Å²) in [7, 11) is 0. The van der Waals surface area contributed by atoms with Crippen LogP contribution in [0, 0.1) is 11.3 Å². The molecule has 0 aromatic heterocycles. The normalized spacial score (nSPS) is 49.2. The first-order valence-electron chi connectivity index (χ1n) is 6.00. The molecule has 1 aliphatic heterocycles. The Bertz CT molecular complexity index is 219. The van der Waals surface area contributed by atoms with Gasteiger partial charge in [0.05, 0.1) is 0 Å². The number of rotatable bonds is 1. The van der Waals surface area contributed by atoms with Crippen LogP contribution in [0.1, 0.15) is 46.0 Å². The summed E-state index contributed by atoms with van der Waals surface area (Å²) in [4.78, 5) is 2.78. The standard InChI is InChI=1S/C12H21N/c1-9(2)13-8-5-10-3-6-12(10)7-4-11(12)13/h9-11H,3-8H2,1-2H3. The molecular weight excluding hydrogens is 158 g/mol. The summed E-state index contributed by atoms with van der Waals surface area (Å²) in [5.74, 6) is 1.13. The molecule has 0 aromatic carbocycles. The SMILES string of the molecule is CC(C)N1CCC2CCC23CCC13. The Hall–Kier alpha value is -0.0400. The molecule has 3 fully saturated rings. The smallest absolute Gasteiger partial charge is 0.0157 e. The highest BCUT2D eigenvalue weighted by Gasteiger charge is 2.60. The third kappa shape index (κ3) is 0.869. The van der Waals surface area contributed by atoms with Crippen molar-refractivity contribution in [1.29, 1.82) is 0 Å². The monoisotopic (exact) mass is 179 g/mol. The zero-order valence-electron chi connectivity index (χ0n) is 8.92. The van der Waals surface area contributed by atoms with Gasteiger partial charge in [-0.05, 0) is 63.8 Å². The lowest BCUT2D eigenvalue weighted by Crippen LogP contribution is -2.67. The van der Waals surface area contributed by atoms with Crippen LogP contribution in [0.4, 0.5) is 0 Å². The maximum Gasteiger partial charge on any atom is 0.0157 e. The third-order valence-electron chi connectivity index (χ3n) is 5.12. The summed E-state index contributed by atoms with van der Waals surface area (Å²) in [5.41, 5.74) is 0.836. The molecule has 0 amide bonds. The Kier molecular flexibility index (Phi) is 1.59. The fourth-order valence-corrected chi connectivity index (χ4v) is 4.14. The van der Waals surface area contributed by atoms with Gasteiger partial charge in [0.15, 0.2) is 0 Å². The van der Waals surface area contributed by atoms with Gasteiger partial charge in [0, 0.05) is 12.1 Å². The van der Waals surface area contributed by atoms with Gasteiger partial charge in [-0.25, -0.2) is 0 Å². The van der Waals surface area contributed by atoms with Crippen LogP contribution in [-0.2, 0) is 0 Å². The number of hydrogen-bond donors (Lipinski definition) is 0. The fourth-order valence-electron chi connectivity index (χ4n) is 4.14. The van der Waals surface area contributed by atoms with E-state index in [9.17, 15) is 0 Å². The highest BCUT2D eigenvalue weighted by Crippen LogP contribution is 2.64. The Balaban J connectivity index is 1.81. The van der Waals surface area contributed by atoms with Crippen molar-refractivity contribution < 1.29 is 0 Å². The molecule has 2 aliphatic carbocycles. The average Bonchev–Trinajstić information content (AvgIpc) is 1.96. The topological polar surface area (TPSA) is 3.24 Å². The minimum absolute atomic E-state index is 0.781. The number of piperidine rings is 1. The lowest BCUT2D eigenvalue weighted by atomic mass is 9.44. The van der Waals surface area contributed by atoms with Gasteiger partial charge in [-0.15, -0.1) is 0 Å². The number of likely N-dealkylation sites (tertiary alicyclic amines) is 1. The summed E-state index contributed by atoms with van der Waals surface area (Å²) in [6.07, 6.45) is 7.63. The minimum atomic E-state index is 0.781. The van der Waals surface area contributed by atoms with E-state index in [1.165, 1.54) is 19.4 Å². The molecule has 1 spiro atoms. The Morgan fingerprint density at radius 3 is 2.38 bits per heavy atom. The van der Waals surface area contributed by atoms with E-state index < -0.39 is 0 Å². The summed E-state index contributed by atoms with van der Waals surface area (Å²) < 4.78 is 0. The molecule has 0 aromatic rings. The van der Waals surface area contributed by atoms with Gasteiger partial charge < -0.3 is 0 Å². The van der Waals surface area contributed by atoms with Crippen molar-refractivity contribution in [3.05, 3.63) is 0 Å². The van der Waals surface area contributed by atoms with Crippen molar-refractivity contribution in [2.24, 2.45) is 11.3 Å². The highest BCUT2D eigenvalue weighted by atomic mass is 15.2. The summed E-state index contributed by atoms with van der Waals surface area (Å²) >= 11 is 0. The fraction of sp³-hybridized carbons (Fsp3) is 1.00.